The van der Waals surface area contributed by atoms with Crippen LogP contribution in [0.5, 0.6) is 0 Å². The predicted molar refractivity (Wildman–Crippen MR) is 85.8 cm³/mol. The number of piperidine rings is 1. The highest BCUT2D eigenvalue weighted by Gasteiger charge is 2.47. The maximum Gasteiger partial charge on any atom is 0.212 e. The highest BCUT2D eigenvalue weighted by Crippen LogP contribution is 2.41. The molecular weight excluding hydrogens is 348 g/mol. The molecule has 2 N–H and O–H groups in total. The van der Waals surface area contributed by atoms with Crippen LogP contribution in [-0.4, -0.2) is 51.4 Å². The summed E-state index contributed by atoms with van der Waals surface area (Å²) >= 11 is 3.46. The summed E-state index contributed by atoms with van der Waals surface area (Å²) < 4.78 is 8.56. The van der Waals surface area contributed by atoms with E-state index in [-0.39, 0.29) is 17.6 Å². The third-order valence-corrected chi connectivity index (χ3v) is 5.72. The lowest BCUT2D eigenvalue weighted by Gasteiger charge is -2.41. The van der Waals surface area contributed by atoms with Crippen LogP contribution in [0, 0.1) is 5.41 Å². The number of hydrogen-bond acceptors (Lipinski definition) is 6. The zero-order valence-corrected chi connectivity index (χ0v) is 14.0. The minimum Gasteiger partial charge on any atom is -0.376 e. The molecule has 2 fully saturated rings. The fourth-order valence-electron chi connectivity index (χ4n) is 3.64. The Bertz CT molecular complexity index is 696. The van der Waals surface area contributed by atoms with Gasteiger partial charge in [-0.25, -0.2) is 9.38 Å². The van der Waals surface area contributed by atoms with Gasteiger partial charge in [0, 0.05) is 30.7 Å². The van der Waals surface area contributed by atoms with Gasteiger partial charge in [0.1, 0.15) is 6.33 Å². The lowest BCUT2D eigenvalue weighted by atomic mass is 9.73. The summed E-state index contributed by atoms with van der Waals surface area (Å²) in [5, 5.41) is 8.11. The molecule has 2 saturated heterocycles. The monoisotopic (exact) mass is 366 g/mol. The Labute approximate surface area is 137 Å². The van der Waals surface area contributed by atoms with E-state index < -0.39 is 0 Å². The SMILES string of the molecule is C[C@H]1OCC2(CCN(c3ncc(Br)c4nncn34)CC2)[C@@H]1N. The molecule has 4 heterocycles. The number of nitrogens with two attached hydrogens (primary N) is 1. The van der Waals surface area contributed by atoms with Crippen molar-refractivity contribution in [2.45, 2.75) is 31.9 Å². The first kappa shape index (κ1) is 14.3. The van der Waals surface area contributed by atoms with Gasteiger partial charge >= 0.3 is 0 Å². The molecule has 0 bridgehead atoms. The summed E-state index contributed by atoms with van der Waals surface area (Å²) in [4.78, 5) is 6.83. The predicted octanol–water partition coefficient (Wildman–Crippen LogP) is 1.22. The number of ether oxygens (including phenoxy) is 1. The van der Waals surface area contributed by atoms with Gasteiger partial charge in [-0.05, 0) is 35.7 Å². The second kappa shape index (κ2) is 5.14. The van der Waals surface area contributed by atoms with Gasteiger partial charge in [0.05, 0.1) is 17.2 Å². The maximum absolute atomic E-state index is 6.38. The molecule has 2 aromatic rings. The van der Waals surface area contributed by atoms with Gasteiger partial charge < -0.3 is 15.4 Å². The Kier molecular flexibility index (Phi) is 3.35. The fourth-order valence-corrected chi connectivity index (χ4v) is 4.01. The van der Waals surface area contributed by atoms with E-state index in [9.17, 15) is 0 Å². The minimum absolute atomic E-state index is 0.123. The first-order valence-corrected chi connectivity index (χ1v) is 8.36. The Morgan fingerprint density at radius 3 is 2.86 bits per heavy atom. The molecule has 0 aliphatic carbocycles. The first-order valence-electron chi connectivity index (χ1n) is 7.57. The van der Waals surface area contributed by atoms with Gasteiger partial charge in [-0.2, -0.15) is 0 Å². The van der Waals surface area contributed by atoms with Crippen LogP contribution in [0.3, 0.4) is 0 Å². The third kappa shape index (κ3) is 2.04. The summed E-state index contributed by atoms with van der Waals surface area (Å²) in [5.41, 5.74) is 7.29. The van der Waals surface area contributed by atoms with Gasteiger partial charge in [-0.1, -0.05) is 0 Å². The van der Waals surface area contributed by atoms with Crippen molar-refractivity contribution >= 4 is 27.5 Å². The average Bonchev–Trinajstić information content (AvgIpc) is 3.12. The molecule has 7 nitrogen and oxygen atoms in total. The van der Waals surface area contributed by atoms with Crippen molar-refractivity contribution in [1.82, 2.24) is 19.6 Å². The van der Waals surface area contributed by atoms with Gasteiger partial charge in [-0.15, -0.1) is 10.2 Å². The number of anilines is 1. The van der Waals surface area contributed by atoms with Crippen molar-refractivity contribution in [2.24, 2.45) is 11.1 Å². The van der Waals surface area contributed by atoms with E-state index in [0.29, 0.717) is 0 Å². The highest BCUT2D eigenvalue weighted by atomic mass is 79.9. The smallest absolute Gasteiger partial charge is 0.212 e. The zero-order chi connectivity index (χ0) is 15.3. The average molecular weight is 367 g/mol. The molecular formula is C14H19BrN6O. The Hall–Kier alpha value is -1.25. The molecule has 0 amide bonds. The molecule has 0 radical (unpaired) electrons. The molecule has 8 heteroatoms. The van der Waals surface area contributed by atoms with Crippen LogP contribution >= 0.6 is 15.9 Å². The highest BCUT2D eigenvalue weighted by molar-refractivity contribution is 9.10. The van der Waals surface area contributed by atoms with Gasteiger partial charge in [0.15, 0.2) is 5.65 Å². The van der Waals surface area contributed by atoms with Crippen LogP contribution in [0.25, 0.3) is 5.65 Å². The largest absolute Gasteiger partial charge is 0.376 e. The van der Waals surface area contributed by atoms with Gasteiger partial charge in [0.25, 0.3) is 0 Å². The van der Waals surface area contributed by atoms with E-state index in [0.717, 1.165) is 48.6 Å². The Balaban J connectivity index is 1.59. The van der Waals surface area contributed by atoms with E-state index in [4.69, 9.17) is 10.5 Å². The first-order chi connectivity index (χ1) is 10.6. The van der Waals surface area contributed by atoms with Crippen LogP contribution in [0.2, 0.25) is 0 Å². The molecule has 0 unspecified atom stereocenters. The van der Waals surface area contributed by atoms with Crippen LogP contribution in [0.4, 0.5) is 5.95 Å². The second-order valence-electron chi connectivity index (χ2n) is 6.32. The summed E-state index contributed by atoms with van der Waals surface area (Å²) in [6.07, 6.45) is 5.71. The van der Waals surface area contributed by atoms with Crippen molar-refractivity contribution in [3.8, 4) is 0 Å². The van der Waals surface area contributed by atoms with Crippen LogP contribution in [0.1, 0.15) is 19.8 Å². The van der Waals surface area contributed by atoms with Gasteiger partial charge in [0.2, 0.25) is 5.95 Å². The molecule has 2 aromatic heterocycles. The summed E-state index contributed by atoms with van der Waals surface area (Å²) in [7, 11) is 0. The Morgan fingerprint density at radius 1 is 1.41 bits per heavy atom. The molecule has 2 aliphatic heterocycles. The van der Waals surface area contributed by atoms with Crippen molar-refractivity contribution in [1.29, 1.82) is 0 Å². The topological polar surface area (TPSA) is 81.6 Å². The Morgan fingerprint density at radius 2 is 2.18 bits per heavy atom. The van der Waals surface area contributed by atoms with E-state index >= 15 is 0 Å². The summed E-state index contributed by atoms with van der Waals surface area (Å²) in [5.74, 6) is 0.888. The molecule has 0 aromatic carbocycles. The molecule has 22 heavy (non-hydrogen) atoms. The van der Waals surface area contributed by atoms with E-state index in [1.54, 1.807) is 12.5 Å². The molecule has 1 spiro atoms. The zero-order valence-electron chi connectivity index (χ0n) is 12.4. The lowest BCUT2D eigenvalue weighted by Crippen LogP contribution is -2.51. The number of aromatic nitrogens is 4. The molecule has 4 rings (SSSR count). The summed E-state index contributed by atoms with van der Waals surface area (Å²) in [6.45, 7) is 4.69. The van der Waals surface area contributed by atoms with E-state index in [2.05, 4.69) is 42.9 Å². The molecule has 2 atom stereocenters. The number of hydrogen-bond donors (Lipinski definition) is 1. The summed E-state index contributed by atoms with van der Waals surface area (Å²) in [6, 6.07) is 0.127. The second-order valence-corrected chi connectivity index (χ2v) is 7.18. The number of fused-ring (bicyclic) bond motifs is 1. The van der Waals surface area contributed by atoms with Crippen LogP contribution < -0.4 is 10.6 Å². The number of rotatable bonds is 1. The fraction of sp³-hybridized carbons (Fsp3) is 0.643. The lowest BCUT2D eigenvalue weighted by molar-refractivity contribution is 0.0973. The van der Waals surface area contributed by atoms with E-state index in [1.807, 2.05) is 4.40 Å². The maximum atomic E-state index is 6.38. The van der Waals surface area contributed by atoms with Crippen LogP contribution in [0.15, 0.2) is 17.0 Å². The van der Waals surface area contributed by atoms with E-state index in [1.165, 1.54) is 0 Å². The van der Waals surface area contributed by atoms with Crippen LogP contribution in [-0.2, 0) is 4.74 Å². The van der Waals surface area contributed by atoms with Crippen molar-refractivity contribution < 1.29 is 4.74 Å². The molecule has 118 valence electrons. The third-order valence-electron chi connectivity index (χ3n) is 5.16. The normalized spacial score (nSPS) is 27.9. The van der Waals surface area contributed by atoms with Gasteiger partial charge in [-0.3, -0.25) is 0 Å². The van der Waals surface area contributed by atoms with Crippen molar-refractivity contribution in [2.75, 3.05) is 24.6 Å². The quantitative estimate of drug-likeness (QED) is 0.816. The van der Waals surface area contributed by atoms with Crippen molar-refractivity contribution in [3.63, 3.8) is 0 Å². The molecule has 2 aliphatic rings. The minimum atomic E-state index is 0.123. The number of nitrogens with zero attached hydrogens (tertiary/aromatic N) is 5. The molecule has 0 saturated carbocycles. The standard InChI is InChI=1S/C14H19BrN6O/c1-9-11(16)14(7-22-9)2-4-20(5-3-14)13-17-6-10(15)12-19-18-8-21(12)13/h6,8-9,11H,2-5,7,16H2,1H3/t9-,11-/m1/s1. The number of halogens is 1. The van der Waals surface area contributed by atoms with Crippen molar-refractivity contribution in [3.05, 3.63) is 17.0 Å².